The number of anilines is 2. The van der Waals surface area contributed by atoms with Gasteiger partial charge in [0.05, 0.1) is 35.7 Å². The van der Waals surface area contributed by atoms with Gasteiger partial charge in [-0.2, -0.15) is 0 Å². The second-order valence-corrected chi connectivity index (χ2v) is 7.84. The van der Waals surface area contributed by atoms with E-state index in [0.717, 1.165) is 11.1 Å². The highest BCUT2D eigenvalue weighted by Gasteiger charge is 2.29. The Morgan fingerprint density at radius 2 is 2.28 bits per heavy atom. The number of aliphatic imine (C=N–C) groups is 1. The number of ether oxygens (including phenoxy) is 1. The summed E-state index contributed by atoms with van der Waals surface area (Å²) in [6.07, 6.45) is 5.10. The van der Waals surface area contributed by atoms with Crippen molar-refractivity contribution in [1.82, 2.24) is 24.8 Å². The first-order valence-electron chi connectivity index (χ1n) is 9.28. The van der Waals surface area contributed by atoms with Crippen LogP contribution in [0.15, 0.2) is 28.1 Å². The minimum absolute atomic E-state index is 0.00974. The fraction of sp³-hybridized carbons (Fsp3) is 0.316. The molecule has 1 amide bonds. The molecule has 0 radical (unpaired) electrons. The summed E-state index contributed by atoms with van der Waals surface area (Å²) in [5.74, 6) is 1.12. The summed E-state index contributed by atoms with van der Waals surface area (Å²) < 4.78 is 6.07. The average Bonchev–Trinajstić information content (AvgIpc) is 3.32. The minimum Gasteiger partial charge on any atom is -0.377 e. The van der Waals surface area contributed by atoms with E-state index in [1.54, 1.807) is 4.90 Å². The maximum Gasteiger partial charge on any atom is 0.271 e. The van der Waals surface area contributed by atoms with E-state index in [1.165, 1.54) is 6.33 Å². The zero-order valence-corrected chi connectivity index (χ0v) is 17.2. The number of carbonyl (C=O) groups is 1. The van der Waals surface area contributed by atoms with Gasteiger partial charge in [0.15, 0.2) is 0 Å². The van der Waals surface area contributed by atoms with Crippen molar-refractivity contribution in [3.63, 3.8) is 0 Å². The smallest absolute Gasteiger partial charge is 0.271 e. The molecule has 0 unspecified atom stereocenters. The number of fused-ring (bicyclic) bond motifs is 2. The van der Waals surface area contributed by atoms with Crippen molar-refractivity contribution in [2.24, 2.45) is 4.99 Å². The number of carbonyl (C=O) groups excluding carboxylic acids is 1. The van der Waals surface area contributed by atoms with Crippen LogP contribution in [0.4, 0.5) is 11.6 Å². The molecule has 2 aliphatic rings. The van der Waals surface area contributed by atoms with Crippen LogP contribution in [0.2, 0.25) is 0 Å². The number of H-pyrrole nitrogens is 1. The number of hydrogen-bond acceptors (Lipinski definition) is 7. The molecule has 3 aromatic rings. The topological polar surface area (TPSA) is 108 Å². The number of nitrogens with zero attached hydrogens (tertiary/aromatic N) is 5. The third-order valence-corrected chi connectivity index (χ3v) is 5.93. The molecule has 148 valence electrons. The van der Waals surface area contributed by atoms with Gasteiger partial charge in [-0.3, -0.25) is 9.79 Å². The molecule has 0 bridgehead atoms. The van der Waals surface area contributed by atoms with E-state index in [2.05, 4.69) is 46.2 Å². The number of pyridine rings is 1. The number of aromatic nitrogens is 4. The summed E-state index contributed by atoms with van der Waals surface area (Å²) in [5, 5.41) is 3.94. The second kappa shape index (κ2) is 7.20. The average molecular weight is 456 g/mol. The van der Waals surface area contributed by atoms with Crippen LogP contribution in [0.1, 0.15) is 28.5 Å². The normalized spacial score (nSPS) is 18.3. The molecule has 0 saturated carbocycles. The van der Waals surface area contributed by atoms with Crippen LogP contribution >= 0.6 is 15.9 Å². The van der Waals surface area contributed by atoms with E-state index in [0.29, 0.717) is 59.1 Å². The van der Waals surface area contributed by atoms with Gasteiger partial charge in [0.1, 0.15) is 29.3 Å². The number of halogens is 1. The number of amides is 1. The van der Waals surface area contributed by atoms with Crippen LogP contribution in [0.5, 0.6) is 0 Å². The summed E-state index contributed by atoms with van der Waals surface area (Å²) in [6.45, 7) is 4.26. The predicted octanol–water partition coefficient (Wildman–Crippen LogP) is 2.65. The van der Waals surface area contributed by atoms with Crippen LogP contribution in [0.3, 0.4) is 0 Å². The maximum absolute atomic E-state index is 13.1. The van der Waals surface area contributed by atoms with Crippen molar-refractivity contribution in [3.8, 4) is 0 Å². The molecule has 5 rings (SSSR count). The molecule has 0 aliphatic carbocycles. The lowest BCUT2D eigenvalue weighted by molar-refractivity contribution is 0.00327. The number of morpholine rings is 1. The standard InChI is InChI=1S/C19H18BrN7O2/c1-10-8-29-3-2-27(10)19(28)16-15(20)14-17(23-9-24-18(14)26-16)25-13-4-11-5-21-6-12(11)7-22-13/h4-5,7,9-10H,2-3,6,8H2,1H3,(H2,22,23,24,25,26)/t10-/m0/s1. The van der Waals surface area contributed by atoms with E-state index in [-0.39, 0.29) is 11.9 Å². The quantitative estimate of drug-likeness (QED) is 0.628. The molecule has 29 heavy (non-hydrogen) atoms. The molecule has 5 heterocycles. The highest BCUT2D eigenvalue weighted by Crippen LogP contribution is 2.33. The fourth-order valence-corrected chi connectivity index (χ4v) is 4.23. The highest BCUT2D eigenvalue weighted by atomic mass is 79.9. The van der Waals surface area contributed by atoms with E-state index in [9.17, 15) is 4.79 Å². The molecule has 2 aliphatic heterocycles. The van der Waals surface area contributed by atoms with Crippen molar-refractivity contribution in [2.45, 2.75) is 19.5 Å². The van der Waals surface area contributed by atoms with Gasteiger partial charge in [0.2, 0.25) is 0 Å². The number of hydrogen-bond donors (Lipinski definition) is 2. The number of nitrogens with one attached hydrogen (secondary N) is 2. The van der Waals surface area contributed by atoms with Gasteiger partial charge in [0, 0.05) is 30.1 Å². The zero-order valence-electron chi connectivity index (χ0n) is 15.6. The largest absolute Gasteiger partial charge is 0.377 e. The molecular formula is C19H18BrN7O2. The van der Waals surface area contributed by atoms with Gasteiger partial charge in [-0.25, -0.2) is 15.0 Å². The molecule has 0 aromatic carbocycles. The van der Waals surface area contributed by atoms with Gasteiger partial charge in [-0.15, -0.1) is 0 Å². The lowest BCUT2D eigenvalue weighted by atomic mass is 10.2. The van der Waals surface area contributed by atoms with Gasteiger partial charge in [-0.05, 0) is 28.9 Å². The molecule has 9 nitrogen and oxygen atoms in total. The molecule has 10 heteroatoms. The van der Waals surface area contributed by atoms with Gasteiger partial charge >= 0.3 is 0 Å². The van der Waals surface area contributed by atoms with Gasteiger partial charge in [0.25, 0.3) is 5.91 Å². The van der Waals surface area contributed by atoms with E-state index in [4.69, 9.17) is 4.74 Å². The van der Waals surface area contributed by atoms with Crippen LogP contribution in [0.25, 0.3) is 11.0 Å². The molecule has 1 saturated heterocycles. The Labute approximate surface area is 174 Å². The molecule has 1 atom stereocenters. The highest BCUT2D eigenvalue weighted by molar-refractivity contribution is 9.10. The summed E-state index contributed by atoms with van der Waals surface area (Å²) in [4.78, 5) is 35.4. The summed E-state index contributed by atoms with van der Waals surface area (Å²) in [7, 11) is 0. The molecule has 0 spiro atoms. The van der Waals surface area contributed by atoms with Crippen LogP contribution in [0, 0.1) is 0 Å². The zero-order chi connectivity index (χ0) is 20.0. The molecule has 2 N–H and O–H groups in total. The Bertz CT molecular complexity index is 1140. The number of rotatable bonds is 3. The van der Waals surface area contributed by atoms with Crippen LogP contribution < -0.4 is 5.32 Å². The Balaban J connectivity index is 1.51. The van der Waals surface area contributed by atoms with Crippen molar-refractivity contribution in [1.29, 1.82) is 0 Å². The van der Waals surface area contributed by atoms with Gasteiger partial charge < -0.3 is 19.9 Å². The maximum atomic E-state index is 13.1. The summed E-state index contributed by atoms with van der Waals surface area (Å²) >= 11 is 3.58. The van der Waals surface area contributed by atoms with Crippen molar-refractivity contribution in [3.05, 3.63) is 39.9 Å². The monoisotopic (exact) mass is 455 g/mol. The first kappa shape index (κ1) is 18.2. The van der Waals surface area contributed by atoms with Crippen LogP contribution in [-0.4, -0.2) is 62.8 Å². The predicted molar refractivity (Wildman–Crippen MR) is 112 cm³/mol. The van der Waals surface area contributed by atoms with E-state index < -0.39 is 0 Å². The SMILES string of the molecule is C[C@H]1COCCN1C(=O)c1[nH]c2ncnc(Nc3cc4c(cn3)CN=C4)c2c1Br. The lowest BCUT2D eigenvalue weighted by Gasteiger charge is -2.33. The Kier molecular flexibility index (Phi) is 4.51. The van der Waals surface area contributed by atoms with Crippen molar-refractivity contribution >= 4 is 50.7 Å². The Morgan fingerprint density at radius 3 is 3.14 bits per heavy atom. The first-order chi connectivity index (χ1) is 14.1. The van der Waals surface area contributed by atoms with Crippen molar-refractivity contribution in [2.75, 3.05) is 25.1 Å². The third kappa shape index (κ3) is 3.18. The Hall–Kier alpha value is -2.85. The minimum atomic E-state index is -0.0940. The van der Waals surface area contributed by atoms with Crippen molar-refractivity contribution < 1.29 is 9.53 Å². The summed E-state index contributed by atoms with van der Waals surface area (Å²) in [5.41, 5.74) is 3.16. The molecule has 3 aromatic heterocycles. The van der Waals surface area contributed by atoms with E-state index >= 15 is 0 Å². The van der Waals surface area contributed by atoms with Crippen LogP contribution in [-0.2, 0) is 11.3 Å². The Morgan fingerprint density at radius 1 is 1.38 bits per heavy atom. The third-order valence-electron chi connectivity index (χ3n) is 5.13. The van der Waals surface area contributed by atoms with E-state index in [1.807, 2.05) is 25.4 Å². The fourth-order valence-electron chi connectivity index (χ4n) is 3.58. The summed E-state index contributed by atoms with van der Waals surface area (Å²) in [6, 6.07) is 1.94. The van der Waals surface area contributed by atoms with Gasteiger partial charge in [-0.1, -0.05) is 0 Å². The second-order valence-electron chi connectivity index (χ2n) is 7.05. The number of aromatic amines is 1. The molecule has 1 fully saturated rings. The first-order valence-corrected chi connectivity index (χ1v) is 10.1. The lowest BCUT2D eigenvalue weighted by Crippen LogP contribution is -2.47. The molecular weight excluding hydrogens is 438 g/mol.